The van der Waals surface area contributed by atoms with Crippen LogP contribution in [0.3, 0.4) is 0 Å². The van der Waals surface area contributed by atoms with Gasteiger partial charge in [-0.3, -0.25) is 15.7 Å². The summed E-state index contributed by atoms with van der Waals surface area (Å²) in [6, 6.07) is 0.782. The maximum absolute atomic E-state index is 12.3. The van der Waals surface area contributed by atoms with E-state index in [1.54, 1.807) is 0 Å². The van der Waals surface area contributed by atoms with Crippen molar-refractivity contribution in [1.82, 2.24) is 15.2 Å². The normalized spacial score (nSPS) is 11.3. The fraction of sp³-hybridized carbons (Fsp3) is 0.125. The standard InChI is InChI=1S/C8H6F3N5OS/c9-8(10,11)4-3-12-7(18-4)15-6(17)14-5-1-2-13-16-5/h1-3H,(H3,12,13,14,15,16,17). The molecule has 0 fully saturated rings. The first kappa shape index (κ1) is 12.4. The summed E-state index contributed by atoms with van der Waals surface area (Å²) >= 11 is 0.347. The average Bonchev–Trinajstić information content (AvgIpc) is 2.87. The van der Waals surface area contributed by atoms with Crippen LogP contribution < -0.4 is 10.6 Å². The van der Waals surface area contributed by atoms with Gasteiger partial charge in [-0.25, -0.2) is 9.78 Å². The van der Waals surface area contributed by atoms with Crippen molar-refractivity contribution in [2.24, 2.45) is 0 Å². The second-order valence-corrected chi connectivity index (χ2v) is 4.11. The van der Waals surface area contributed by atoms with Crippen molar-refractivity contribution in [2.45, 2.75) is 6.18 Å². The van der Waals surface area contributed by atoms with Gasteiger partial charge in [0.05, 0.1) is 12.4 Å². The molecule has 2 amide bonds. The number of aromatic amines is 1. The molecule has 2 aromatic heterocycles. The van der Waals surface area contributed by atoms with Crippen LogP contribution in [0.1, 0.15) is 4.88 Å². The summed E-state index contributed by atoms with van der Waals surface area (Å²) in [5.74, 6) is 0.320. The Balaban J connectivity index is 1.97. The topological polar surface area (TPSA) is 82.7 Å². The molecule has 2 heterocycles. The number of anilines is 2. The molecule has 0 atom stereocenters. The molecule has 0 saturated carbocycles. The van der Waals surface area contributed by atoms with Crippen LogP contribution in [-0.2, 0) is 6.18 Å². The van der Waals surface area contributed by atoms with Crippen molar-refractivity contribution in [1.29, 1.82) is 0 Å². The quantitative estimate of drug-likeness (QED) is 0.788. The third-order valence-corrected chi connectivity index (χ3v) is 2.71. The molecule has 96 valence electrons. The van der Waals surface area contributed by atoms with Crippen LogP contribution in [0.5, 0.6) is 0 Å². The number of amides is 2. The minimum Gasteiger partial charge on any atom is -0.292 e. The van der Waals surface area contributed by atoms with E-state index in [1.165, 1.54) is 12.3 Å². The van der Waals surface area contributed by atoms with Gasteiger partial charge in [0, 0.05) is 6.07 Å². The van der Waals surface area contributed by atoms with Gasteiger partial charge in [0.2, 0.25) is 0 Å². The molecule has 2 aromatic rings. The fourth-order valence-corrected chi connectivity index (χ4v) is 1.72. The zero-order valence-corrected chi connectivity index (χ0v) is 9.39. The number of rotatable bonds is 2. The number of thiazole rings is 1. The number of alkyl halides is 3. The summed E-state index contributed by atoms with van der Waals surface area (Å²) in [7, 11) is 0. The van der Waals surface area contributed by atoms with Crippen LogP contribution >= 0.6 is 11.3 Å². The first-order valence-electron chi connectivity index (χ1n) is 4.55. The number of carbonyl (C=O) groups is 1. The predicted octanol–water partition coefficient (Wildman–Crippen LogP) is 2.53. The highest BCUT2D eigenvalue weighted by Crippen LogP contribution is 2.34. The highest BCUT2D eigenvalue weighted by molar-refractivity contribution is 7.15. The lowest BCUT2D eigenvalue weighted by atomic mass is 10.5. The molecule has 0 bridgehead atoms. The smallest absolute Gasteiger partial charge is 0.292 e. The zero-order chi connectivity index (χ0) is 13.2. The highest BCUT2D eigenvalue weighted by Gasteiger charge is 2.33. The first-order chi connectivity index (χ1) is 8.45. The summed E-state index contributed by atoms with van der Waals surface area (Å²) < 4.78 is 36.8. The molecule has 0 aliphatic heterocycles. The fourth-order valence-electron chi connectivity index (χ4n) is 1.04. The van der Waals surface area contributed by atoms with Crippen LogP contribution in [0, 0.1) is 0 Å². The van der Waals surface area contributed by atoms with Crippen molar-refractivity contribution in [3.63, 3.8) is 0 Å². The van der Waals surface area contributed by atoms with Crippen molar-refractivity contribution < 1.29 is 18.0 Å². The van der Waals surface area contributed by atoms with Gasteiger partial charge in [0.1, 0.15) is 10.7 Å². The molecule has 0 unspecified atom stereocenters. The summed E-state index contributed by atoms with van der Waals surface area (Å²) in [4.78, 5) is 13.9. The number of hydrogen-bond donors (Lipinski definition) is 3. The molecule has 0 saturated heterocycles. The molecule has 3 N–H and O–H groups in total. The number of H-pyrrole nitrogens is 1. The van der Waals surface area contributed by atoms with Gasteiger partial charge >= 0.3 is 12.2 Å². The van der Waals surface area contributed by atoms with Crippen LogP contribution in [0.15, 0.2) is 18.5 Å². The van der Waals surface area contributed by atoms with Crippen molar-refractivity contribution in [2.75, 3.05) is 10.6 Å². The Morgan fingerprint density at radius 2 is 2.17 bits per heavy atom. The van der Waals surface area contributed by atoms with Gasteiger partial charge in [-0.15, -0.1) is 0 Å². The summed E-state index contributed by atoms with van der Waals surface area (Å²) in [5, 5.41) is 10.4. The maximum Gasteiger partial charge on any atom is 0.427 e. The van der Waals surface area contributed by atoms with E-state index in [0.29, 0.717) is 23.4 Å². The maximum atomic E-state index is 12.3. The van der Waals surface area contributed by atoms with E-state index in [2.05, 4.69) is 25.8 Å². The van der Waals surface area contributed by atoms with Gasteiger partial charge in [-0.05, 0) is 0 Å². The molecule has 2 rings (SSSR count). The van der Waals surface area contributed by atoms with Crippen LogP contribution in [0.25, 0.3) is 0 Å². The molecule has 0 aromatic carbocycles. The molecule has 0 spiro atoms. The molecule has 18 heavy (non-hydrogen) atoms. The van der Waals surface area contributed by atoms with Gasteiger partial charge < -0.3 is 0 Å². The Morgan fingerprint density at radius 1 is 1.39 bits per heavy atom. The van der Waals surface area contributed by atoms with Crippen LogP contribution in [0.2, 0.25) is 0 Å². The second kappa shape index (κ2) is 4.64. The largest absolute Gasteiger partial charge is 0.427 e. The molecule has 0 aliphatic rings. The van der Waals surface area contributed by atoms with E-state index < -0.39 is 17.1 Å². The van der Waals surface area contributed by atoms with Gasteiger partial charge in [0.25, 0.3) is 0 Å². The Labute approximate surface area is 102 Å². The lowest BCUT2D eigenvalue weighted by Crippen LogP contribution is -2.19. The Kier molecular flexibility index (Phi) is 3.19. The molecule has 0 aliphatic carbocycles. The van der Waals surface area contributed by atoms with E-state index >= 15 is 0 Å². The van der Waals surface area contributed by atoms with Gasteiger partial charge in [0.15, 0.2) is 5.13 Å². The van der Waals surface area contributed by atoms with Crippen molar-refractivity contribution in [3.8, 4) is 0 Å². The van der Waals surface area contributed by atoms with Gasteiger partial charge in [-0.2, -0.15) is 18.3 Å². The third kappa shape index (κ3) is 2.97. The van der Waals surface area contributed by atoms with Crippen molar-refractivity contribution >= 4 is 28.3 Å². The molecular weight excluding hydrogens is 271 g/mol. The lowest BCUT2D eigenvalue weighted by molar-refractivity contribution is -0.134. The first-order valence-corrected chi connectivity index (χ1v) is 5.37. The summed E-state index contributed by atoms with van der Waals surface area (Å²) in [5.41, 5.74) is 0. The number of halogens is 3. The molecule has 0 radical (unpaired) electrons. The summed E-state index contributed by atoms with van der Waals surface area (Å²) in [6.07, 6.45) is -2.38. The number of hydrogen-bond acceptors (Lipinski definition) is 4. The molecule has 6 nitrogen and oxygen atoms in total. The minimum atomic E-state index is -4.46. The minimum absolute atomic E-state index is 0.139. The van der Waals surface area contributed by atoms with E-state index in [9.17, 15) is 18.0 Å². The highest BCUT2D eigenvalue weighted by atomic mass is 32.1. The third-order valence-electron chi connectivity index (χ3n) is 1.75. The van der Waals surface area contributed by atoms with Gasteiger partial charge in [-0.1, -0.05) is 11.3 Å². The van der Waals surface area contributed by atoms with E-state index in [4.69, 9.17) is 0 Å². The Hall–Kier alpha value is -2.10. The number of nitrogens with zero attached hydrogens (tertiary/aromatic N) is 2. The number of aromatic nitrogens is 3. The average molecular weight is 277 g/mol. The zero-order valence-electron chi connectivity index (χ0n) is 8.58. The molecule has 10 heteroatoms. The van der Waals surface area contributed by atoms with Crippen molar-refractivity contribution in [3.05, 3.63) is 23.3 Å². The molecular formula is C8H6F3N5OS. The summed E-state index contributed by atoms with van der Waals surface area (Å²) in [6.45, 7) is 0. The van der Waals surface area contributed by atoms with Crippen LogP contribution in [0.4, 0.5) is 28.9 Å². The number of nitrogens with one attached hydrogen (secondary N) is 3. The monoisotopic (exact) mass is 277 g/mol. The Morgan fingerprint density at radius 3 is 2.72 bits per heavy atom. The van der Waals surface area contributed by atoms with E-state index in [1.807, 2.05) is 0 Å². The SMILES string of the molecule is O=C(Nc1ccn[nH]1)Nc1ncc(C(F)(F)F)s1. The number of urea groups is 1. The predicted molar refractivity (Wildman–Crippen MR) is 58.3 cm³/mol. The van der Waals surface area contributed by atoms with E-state index in [-0.39, 0.29) is 5.13 Å². The Bertz CT molecular complexity index is 535. The number of carbonyl (C=O) groups excluding carboxylic acids is 1. The second-order valence-electron chi connectivity index (χ2n) is 3.08. The van der Waals surface area contributed by atoms with Crippen LogP contribution in [-0.4, -0.2) is 21.2 Å². The lowest BCUT2D eigenvalue weighted by Gasteiger charge is -2.02. The van der Waals surface area contributed by atoms with E-state index in [0.717, 1.165) is 0 Å².